The summed E-state index contributed by atoms with van der Waals surface area (Å²) in [7, 11) is 1.63. The van der Waals surface area contributed by atoms with Gasteiger partial charge in [-0.2, -0.15) is 0 Å². The van der Waals surface area contributed by atoms with Crippen molar-refractivity contribution in [1.82, 2.24) is 4.98 Å². The Bertz CT molecular complexity index is 948. The minimum absolute atomic E-state index is 0.336. The van der Waals surface area contributed by atoms with E-state index in [1.165, 1.54) is 0 Å². The highest BCUT2D eigenvalue weighted by Gasteiger charge is 2.11. The first kappa shape index (κ1) is 20.2. The molecule has 7 heteroatoms. The van der Waals surface area contributed by atoms with E-state index in [9.17, 15) is 4.79 Å². The van der Waals surface area contributed by atoms with Crippen LogP contribution < -0.4 is 21.1 Å². The second kappa shape index (κ2) is 10.1. The number of nitrogens with two attached hydrogens (primary N) is 1. The Morgan fingerprint density at radius 1 is 1.03 bits per heavy atom. The molecule has 150 valence electrons. The van der Waals surface area contributed by atoms with Crippen molar-refractivity contribution in [3.63, 3.8) is 0 Å². The molecule has 0 aliphatic heterocycles. The van der Waals surface area contributed by atoms with Crippen LogP contribution in [0.3, 0.4) is 0 Å². The summed E-state index contributed by atoms with van der Waals surface area (Å²) in [5.74, 6) is 1.20. The maximum Gasteiger partial charge on any atom is 0.252 e. The van der Waals surface area contributed by atoms with E-state index >= 15 is 0 Å². The van der Waals surface area contributed by atoms with Gasteiger partial charge in [0.05, 0.1) is 12.2 Å². The fraction of sp³-hybridized carbons (Fsp3) is 0.182. The van der Waals surface area contributed by atoms with Crippen LogP contribution >= 0.6 is 0 Å². The number of methoxy groups -OCH3 is 1. The number of hydrogen-bond acceptors (Lipinski definition) is 6. The quantitative estimate of drug-likeness (QED) is 0.456. The van der Waals surface area contributed by atoms with Gasteiger partial charge in [-0.15, -0.1) is 0 Å². The first-order chi connectivity index (χ1) is 14.2. The second-order valence-electron chi connectivity index (χ2n) is 6.29. The normalized spacial score (nSPS) is 10.4. The lowest BCUT2D eigenvalue weighted by atomic mass is 10.2. The van der Waals surface area contributed by atoms with Gasteiger partial charge in [0.15, 0.2) is 0 Å². The van der Waals surface area contributed by atoms with Gasteiger partial charge in [-0.3, -0.25) is 4.79 Å². The lowest BCUT2D eigenvalue weighted by molar-refractivity contribution is 0.100. The molecule has 0 atom stereocenters. The molecule has 1 amide bonds. The van der Waals surface area contributed by atoms with Gasteiger partial charge in [0, 0.05) is 25.4 Å². The molecule has 1 aromatic heterocycles. The monoisotopic (exact) mass is 392 g/mol. The van der Waals surface area contributed by atoms with E-state index in [0.717, 1.165) is 17.0 Å². The van der Waals surface area contributed by atoms with Crippen LogP contribution in [0.1, 0.15) is 15.9 Å². The predicted molar refractivity (Wildman–Crippen MR) is 114 cm³/mol. The summed E-state index contributed by atoms with van der Waals surface area (Å²) in [6.45, 7) is 1.52. The van der Waals surface area contributed by atoms with E-state index in [-0.39, 0.29) is 0 Å². The molecule has 0 aliphatic rings. The molecule has 1 heterocycles. The highest BCUT2D eigenvalue weighted by atomic mass is 16.5. The zero-order chi connectivity index (χ0) is 20.5. The van der Waals surface area contributed by atoms with Crippen molar-refractivity contribution in [1.29, 1.82) is 0 Å². The fourth-order valence-corrected chi connectivity index (χ4v) is 2.70. The van der Waals surface area contributed by atoms with Crippen molar-refractivity contribution in [2.75, 3.05) is 31.0 Å². The van der Waals surface area contributed by atoms with Crippen molar-refractivity contribution >= 4 is 23.2 Å². The fourth-order valence-electron chi connectivity index (χ4n) is 2.70. The Balaban J connectivity index is 1.74. The van der Waals surface area contributed by atoms with Crippen molar-refractivity contribution in [2.45, 2.75) is 6.54 Å². The van der Waals surface area contributed by atoms with Crippen LogP contribution in [0.4, 0.5) is 17.3 Å². The van der Waals surface area contributed by atoms with Gasteiger partial charge >= 0.3 is 0 Å². The number of amides is 1. The number of carbonyl (C=O) groups is 1. The number of carbonyl (C=O) groups excluding carboxylic acids is 1. The zero-order valence-corrected chi connectivity index (χ0v) is 16.2. The topological polar surface area (TPSA) is 98.5 Å². The second-order valence-corrected chi connectivity index (χ2v) is 6.29. The largest absolute Gasteiger partial charge is 0.491 e. The van der Waals surface area contributed by atoms with Gasteiger partial charge in [0.1, 0.15) is 24.0 Å². The average molecular weight is 392 g/mol. The number of nitrogens with one attached hydrogen (secondary N) is 2. The summed E-state index contributed by atoms with van der Waals surface area (Å²) in [5.41, 5.74) is 7.72. The van der Waals surface area contributed by atoms with Crippen LogP contribution in [-0.4, -0.2) is 31.2 Å². The molecule has 4 N–H and O–H groups in total. The summed E-state index contributed by atoms with van der Waals surface area (Å²) >= 11 is 0. The highest BCUT2D eigenvalue weighted by Crippen LogP contribution is 2.23. The minimum atomic E-state index is -0.534. The number of pyridine rings is 1. The van der Waals surface area contributed by atoms with E-state index in [4.69, 9.17) is 15.2 Å². The van der Waals surface area contributed by atoms with Crippen LogP contribution in [0, 0.1) is 0 Å². The Kier molecular flexibility index (Phi) is 7.02. The summed E-state index contributed by atoms with van der Waals surface area (Å²) in [4.78, 5) is 16.3. The van der Waals surface area contributed by atoms with Crippen molar-refractivity contribution < 1.29 is 14.3 Å². The standard InChI is InChI=1S/C22H24N4O3/c1-28-12-13-29-18-9-5-8-17(14-18)25-20-11-10-19(21(23)27)22(26-20)24-15-16-6-3-2-4-7-16/h2-11,14H,12-13,15H2,1H3,(H2,23,27)(H2,24,25,26). The van der Waals surface area contributed by atoms with Gasteiger partial charge in [0.25, 0.3) is 5.91 Å². The summed E-state index contributed by atoms with van der Waals surface area (Å²) in [6, 6.07) is 20.8. The van der Waals surface area contributed by atoms with Gasteiger partial charge in [-0.25, -0.2) is 4.98 Å². The molecule has 7 nitrogen and oxygen atoms in total. The molecular weight excluding hydrogens is 368 g/mol. The summed E-state index contributed by atoms with van der Waals surface area (Å²) in [5, 5.41) is 6.42. The number of primary amides is 1. The number of rotatable bonds is 10. The summed E-state index contributed by atoms with van der Waals surface area (Å²) < 4.78 is 10.6. The minimum Gasteiger partial charge on any atom is -0.491 e. The van der Waals surface area contributed by atoms with Gasteiger partial charge in [0.2, 0.25) is 0 Å². The molecule has 0 spiro atoms. The number of hydrogen-bond donors (Lipinski definition) is 3. The van der Waals surface area contributed by atoms with Crippen molar-refractivity contribution in [3.05, 3.63) is 77.9 Å². The average Bonchev–Trinajstić information content (AvgIpc) is 2.73. The van der Waals surface area contributed by atoms with E-state index in [1.807, 2.05) is 54.6 Å². The number of nitrogens with zero attached hydrogens (tertiary/aromatic N) is 1. The molecule has 0 unspecified atom stereocenters. The third-order valence-corrected chi connectivity index (χ3v) is 4.13. The van der Waals surface area contributed by atoms with Gasteiger partial charge in [-0.1, -0.05) is 36.4 Å². The van der Waals surface area contributed by atoms with Crippen LogP contribution in [0.2, 0.25) is 0 Å². The smallest absolute Gasteiger partial charge is 0.252 e. The number of benzene rings is 2. The molecule has 0 aliphatic carbocycles. The van der Waals surface area contributed by atoms with Crippen LogP contribution in [0.5, 0.6) is 5.75 Å². The van der Waals surface area contributed by atoms with Crippen molar-refractivity contribution in [2.24, 2.45) is 5.73 Å². The third-order valence-electron chi connectivity index (χ3n) is 4.13. The SMILES string of the molecule is COCCOc1cccc(Nc2ccc(C(N)=O)c(NCc3ccccc3)n2)c1. The zero-order valence-electron chi connectivity index (χ0n) is 16.2. The molecule has 0 radical (unpaired) electrons. The Morgan fingerprint density at radius 2 is 1.86 bits per heavy atom. The lowest BCUT2D eigenvalue weighted by Crippen LogP contribution is -2.16. The number of anilines is 3. The highest BCUT2D eigenvalue weighted by molar-refractivity contribution is 5.97. The van der Waals surface area contributed by atoms with Crippen molar-refractivity contribution in [3.8, 4) is 5.75 Å². The molecule has 2 aromatic carbocycles. The third kappa shape index (κ3) is 5.95. The van der Waals surface area contributed by atoms with Gasteiger partial charge < -0.3 is 25.8 Å². The van der Waals surface area contributed by atoms with Gasteiger partial charge in [-0.05, 0) is 29.8 Å². The summed E-state index contributed by atoms with van der Waals surface area (Å²) in [6.07, 6.45) is 0. The lowest BCUT2D eigenvalue weighted by Gasteiger charge is -2.13. The molecule has 3 aromatic rings. The Labute approximate surface area is 169 Å². The number of aromatic nitrogens is 1. The molecule has 0 fully saturated rings. The molecule has 29 heavy (non-hydrogen) atoms. The maximum absolute atomic E-state index is 11.8. The Hall–Kier alpha value is -3.58. The van der Waals surface area contributed by atoms with E-state index in [0.29, 0.717) is 37.0 Å². The molecule has 0 bridgehead atoms. The van der Waals surface area contributed by atoms with Crippen LogP contribution in [0.25, 0.3) is 0 Å². The van der Waals surface area contributed by atoms with Crippen LogP contribution in [-0.2, 0) is 11.3 Å². The first-order valence-electron chi connectivity index (χ1n) is 9.23. The molecule has 0 saturated carbocycles. The van der Waals surface area contributed by atoms with E-state index < -0.39 is 5.91 Å². The van der Waals surface area contributed by atoms with Crippen LogP contribution in [0.15, 0.2) is 66.7 Å². The molecule has 3 rings (SSSR count). The van der Waals surface area contributed by atoms with E-state index in [2.05, 4.69) is 15.6 Å². The molecular formula is C22H24N4O3. The molecule has 0 saturated heterocycles. The van der Waals surface area contributed by atoms with E-state index in [1.54, 1.807) is 19.2 Å². The first-order valence-corrected chi connectivity index (χ1v) is 9.23. The Morgan fingerprint density at radius 3 is 2.62 bits per heavy atom. The number of ether oxygens (including phenoxy) is 2. The maximum atomic E-state index is 11.8. The predicted octanol–water partition coefficient (Wildman–Crippen LogP) is 3.56.